The van der Waals surface area contributed by atoms with Gasteiger partial charge < -0.3 is 15.8 Å². The van der Waals surface area contributed by atoms with Crippen LogP contribution < -0.4 is 11.1 Å². The summed E-state index contributed by atoms with van der Waals surface area (Å²) in [4.78, 5) is 11.5. The zero-order valence-electron chi connectivity index (χ0n) is 13.2. The lowest BCUT2D eigenvalue weighted by Crippen LogP contribution is -2.65. The van der Waals surface area contributed by atoms with Crippen LogP contribution in [0.2, 0.25) is 0 Å². The van der Waals surface area contributed by atoms with Gasteiger partial charge in [-0.05, 0) is 18.3 Å². The van der Waals surface area contributed by atoms with E-state index in [0.29, 0.717) is 12.0 Å². The fourth-order valence-corrected chi connectivity index (χ4v) is 2.58. The number of carbonyl (C=O) groups excluding carboxylic acids is 1. The van der Waals surface area contributed by atoms with Crippen LogP contribution in [-0.4, -0.2) is 30.7 Å². The van der Waals surface area contributed by atoms with E-state index in [4.69, 9.17) is 10.5 Å². The monoisotopic (exact) mass is 270 g/mol. The third-order valence-corrected chi connectivity index (χ3v) is 4.16. The molecule has 0 aromatic carbocycles. The fourth-order valence-electron chi connectivity index (χ4n) is 2.58. The molecule has 1 aliphatic carbocycles. The summed E-state index contributed by atoms with van der Waals surface area (Å²) in [6.07, 6.45) is 1.23. The van der Waals surface area contributed by atoms with Crippen molar-refractivity contribution in [2.24, 2.45) is 23.0 Å². The Morgan fingerprint density at radius 3 is 2.32 bits per heavy atom. The summed E-state index contributed by atoms with van der Waals surface area (Å²) in [6, 6.07) is 0.0416. The smallest absolute Gasteiger partial charge is 0.234 e. The number of nitrogens with two attached hydrogens (primary N) is 1. The zero-order valence-corrected chi connectivity index (χ0v) is 13.2. The summed E-state index contributed by atoms with van der Waals surface area (Å²) in [5, 5.41) is 3.41. The first kappa shape index (κ1) is 16.4. The Balaban J connectivity index is 2.52. The Labute approximate surface area is 117 Å². The Morgan fingerprint density at radius 2 is 1.95 bits per heavy atom. The molecule has 0 saturated heterocycles. The van der Waals surface area contributed by atoms with Crippen LogP contribution in [0.15, 0.2) is 0 Å². The Hall–Kier alpha value is -0.610. The van der Waals surface area contributed by atoms with E-state index in [-0.39, 0.29) is 29.4 Å². The molecule has 3 unspecified atom stereocenters. The van der Waals surface area contributed by atoms with Crippen molar-refractivity contribution in [2.45, 2.75) is 66.2 Å². The van der Waals surface area contributed by atoms with Crippen molar-refractivity contribution < 1.29 is 9.53 Å². The van der Waals surface area contributed by atoms with Gasteiger partial charge in [0.15, 0.2) is 0 Å². The van der Waals surface area contributed by atoms with E-state index in [9.17, 15) is 4.79 Å². The Kier molecular flexibility index (Phi) is 5.39. The molecule has 4 nitrogen and oxygen atoms in total. The number of primary amides is 1. The van der Waals surface area contributed by atoms with Gasteiger partial charge in [0.1, 0.15) is 0 Å². The number of ether oxygens (including phenoxy) is 1. The average Bonchev–Trinajstić information content (AvgIpc) is 2.25. The third kappa shape index (κ3) is 3.93. The summed E-state index contributed by atoms with van der Waals surface area (Å²) in [7, 11) is 0. The van der Waals surface area contributed by atoms with Crippen LogP contribution in [0.3, 0.4) is 0 Å². The highest BCUT2D eigenvalue weighted by Gasteiger charge is 2.50. The van der Waals surface area contributed by atoms with Gasteiger partial charge in [0, 0.05) is 18.1 Å². The van der Waals surface area contributed by atoms with E-state index in [2.05, 4.69) is 33.0 Å². The van der Waals surface area contributed by atoms with E-state index in [0.717, 1.165) is 13.0 Å². The standard InChI is InChI=1S/C15H30N2O2/c1-9(2)8-19-12-7-11(15(12,5)6)17-13(10(3)4)14(16)18/h9-13,17H,7-8H2,1-6H3,(H2,16,18). The van der Waals surface area contributed by atoms with Crippen LogP contribution in [-0.2, 0) is 9.53 Å². The molecule has 1 fully saturated rings. The quantitative estimate of drug-likeness (QED) is 0.743. The van der Waals surface area contributed by atoms with Gasteiger partial charge >= 0.3 is 0 Å². The van der Waals surface area contributed by atoms with Crippen molar-refractivity contribution in [3.63, 3.8) is 0 Å². The summed E-state index contributed by atoms with van der Waals surface area (Å²) >= 11 is 0. The van der Waals surface area contributed by atoms with Gasteiger partial charge in [-0.1, -0.05) is 41.5 Å². The first-order valence-corrected chi connectivity index (χ1v) is 7.33. The minimum absolute atomic E-state index is 0.0531. The lowest BCUT2D eigenvalue weighted by atomic mass is 9.64. The molecule has 0 heterocycles. The van der Waals surface area contributed by atoms with Crippen LogP contribution in [0.1, 0.15) is 48.0 Å². The van der Waals surface area contributed by atoms with Gasteiger partial charge in [-0.2, -0.15) is 0 Å². The van der Waals surface area contributed by atoms with Gasteiger partial charge in [-0.3, -0.25) is 4.79 Å². The highest BCUT2D eigenvalue weighted by atomic mass is 16.5. The predicted molar refractivity (Wildman–Crippen MR) is 77.7 cm³/mol. The van der Waals surface area contributed by atoms with Crippen LogP contribution in [0.25, 0.3) is 0 Å². The van der Waals surface area contributed by atoms with E-state index in [1.807, 2.05) is 13.8 Å². The van der Waals surface area contributed by atoms with Crippen LogP contribution in [0, 0.1) is 17.3 Å². The van der Waals surface area contributed by atoms with Crippen molar-refractivity contribution in [2.75, 3.05) is 6.61 Å². The number of rotatable bonds is 7. The van der Waals surface area contributed by atoms with Gasteiger partial charge in [0.25, 0.3) is 0 Å². The maximum absolute atomic E-state index is 11.5. The van der Waals surface area contributed by atoms with Crippen molar-refractivity contribution in [1.82, 2.24) is 5.32 Å². The Bertz CT molecular complexity index is 313. The Morgan fingerprint density at radius 1 is 1.37 bits per heavy atom. The minimum Gasteiger partial charge on any atom is -0.377 e. The number of hydrogen-bond donors (Lipinski definition) is 2. The van der Waals surface area contributed by atoms with Crippen molar-refractivity contribution in [1.29, 1.82) is 0 Å². The van der Waals surface area contributed by atoms with E-state index < -0.39 is 0 Å². The molecule has 4 heteroatoms. The molecule has 1 saturated carbocycles. The molecule has 3 atom stereocenters. The van der Waals surface area contributed by atoms with Crippen molar-refractivity contribution in [3.05, 3.63) is 0 Å². The summed E-state index contributed by atoms with van der Waals surface area (Å²) < 4.78 is 5.93. The molecule has 0 aromatic rings. The SMILES string of the molecule is CC(C)COC1CC(NC(C(N)=O)C(C)C)C1(C)C. The summed E-state index contributed by atoms with van der Waals surface area (Å²) in [5.41, 5.74) is 5.51. The molecule has 112 valence electrons. The molecule has 0 aromatic heterocycles. The normalized spacial score (nSPS) is 27.4. The number of carbonyl (C=O) groups is 1. The number of amides is 1. The lowest BCUT2D eigenvalue weighted by Gasteiger charge is -2.53. The first-order chi connectivity index (χ1) is 8.66. The number of nitrogens with one attached hydrogen (secondary N) is 1. The second kappa shape index (κ2) is 6.23. The van der Waals surface area contributed by atoms with Gasteiger partial charge in [-0.25, -0.2) is 0 Å². The molecule has 3 N–H and O–H groups in total. The highest BCUT2D eigenvalue weighted by Crippen LogP contribution is 2.43. The maximum Gasteiger partial charge on any atom is 0.234 e. The lowest BCUT2D eigenvalue weighted by molar-refractivity contribution is -0.134. The fraction of sp³-hybridized carbons (Fsp3) is 0.933. The molecule has 1 rings (SSSR count). The molecule has 0 radical (unpaired) electrons. The summed E-state index contributed by atoms with van der Waals surface area (Å²) in [5.74, 6) is 0.498. The van der Waals surface area contributed by atoms with Gasteiger partial charge in [0.05, 0.1) is 12.1 Å². The molecular weight excluding hydrogens is 240 g/mol. The second-order valence-electron chi connectivity index (χ2n) is 7.12. The second-order valence-corrected chi connectivity index (χ2v) is 7.12. The molecule has 1 amide bonds. The third-order valence-electron chi connectivity index (χ3n) is 4.16. The predicted octanol–water partition coefficient (Wildman–Crippen LogP) is 1.93. The van der Waals surface area contributed by atoms with Crippen LogP contribution >= 0.6 is 0 Å². The molecule has 1 aliphatic rings. The first-order valence-electron chi connectivity index (χ1n) is 7.33. The molecular formula is C15H30N2O2. The van der Waals surface area contributed by atoms with Crippen molar-refractivity contribution in [3.8, 4) is 0 Å². The topological polar surface area (TPSA) is 64.3 Å². The minimum atomic E-state index is -0.266. The van der Waals surface area contributed by atoms with Crippen LogP contribution in [0.4, 0.5) is 0 Å². The van der Waals surface area contributed by atoms with Crippen molar-refractivity contribution >= 4 is 5.91 Å². The molecule has 19 heavy (non-hydrogen) atoms. The molecule has 0 bridgehead atoms. The highest BCUT2D eigenvalue weighted by molar-refractivity contribution is 5.80. The zero-order chi connectivity index (χ0) is 14.8. The number of hydrogen-bond acceptors (Lipinski definition) is 3. The molecule has 0 aliphatic heterocycles. The van der Waals surface area contributed by atoms with E-state index in [1.165, 1.54) is 0 Å². The average molecular weight is 270 g/mol. The van der Waals surface area contributed by atoms with E-state index in [1.54, 1.807) is 0 Å². The largest absolute Gasteiger partial charge is 0.377 e. The van der Waals surface area contributed by atoms with Gasteiger partial charge in [-0.15, -0.1) is 0 Å². The molecule has 0 spiro atoms. The van der Waals surface area contributed by atoms with E-state index >= 15 is 0 Å². The summed E-state index contributed by atoms with van der Waals surface area (Å²) in [6.45, 7) is 13.5. The van der Waals surface area contributed by atoms with Crippen LogP contribution in [0.5, 0.6) is 0 Å². The van der Waals surface area contributed by atoms with Gasteiger partial charge in [0.2, 0.25) is 5.91 Å². The maximum atomic E-state index is 11.5.